The second-order valence-electron chi connectivity index (χ2n) is 0.575. The minimum absolute atomic E-state index is 0. The number of carbonyl (C=O) groups excluding carboxylic acids is 2. The fourth-order valence-corrected chi connectivity index (χ4v) is 0. The first kappa shape index (κ1) is 23.1. The Hall–Kier alpha value is -0.0610. The maximum absolute atomic E-state index is 8.93. The van der Waals surface area contributed by atoms with Crippen molar-refractivity contribution in [3.8, 4) is 0 Å². The van der Waals surface area contributed by atoms with E-state index in [4.69, 9.17) is 19.8 Å². The molecule has 54 valence electrons. The van der Waals surface area contributed by atoms with Crippen LogP contribution in [0, 0.1) is 0 Å². The molecule has 0 aromatic carbocycles. The van der Waals surface area contributed by atoms with Gasteiger partial charge in [0.1, 0.15) is 0 Å². The fraction of sp³-hybridized carbons (Fsp3) is 0. The Morgan fingerprint density at radius 3 is 1.00 bits per heavy atom. The summed E-state index contributed by atoms with van der Waals surface area (Å²) in [6, 6.07) is 0. The summed E-state index contributed by atoms with van der Waals surface area (Å²) in [6.07, 6.45) is 0. The maximum Gasteiger partial charge on any atom is 2.00 e. The molecule has 0 saturated carbocycles. The summed E-state index contributed by atoms with van der Waals surface area (Å²) < 4.78 is 0. The molecule has 0 atom stereocenters. The molecular weight excluding hydrogens is 214 g/mol. The normalized spacial score (nSPS) is 4.89. The van der Waals surface area contributed by atoms with Crippen molar-refractivity contribution in [1.29, 1.82) is 0 Å². The molecule has 0 aliphatic heterocycles. The summed E-state index contributed by atoms with van der Waals surface area (Å²) in [4.78, 5) is 17.9. The van der Waals surface area contributed by atoms with E-state index in [1.165, 1.54) is 0 Å². The minimum atomic E-state index is -2.19. The van der Waals surface area contributed by atoms with E-state index in [1.54, 1.807) is 0 Å². The Morgan fingerprint density at radius 1 is 0.889 bits per heavy atom. The van der Waals surface area contributed by atoms with Crippen LogP contribution in [0.3, 0.4) is 0 Å². The van der Waals surface area contributed by atoms with Crippen molar-refractivity contribution in [3.05, 3.63) is 0 Å². The topological polar surface area (TPSA) is 115 Å². The first-order chi connectivity index (χ1) is 2.64. The first-order valence-electron chi connectivity index (χ1n) is 1.07. The van der Waals surface area contributed by atoms with Crippen molar-refractivity contribution in [1.82, 2.24) is 6.15 Å². The van der Waals surface area contributed by atoms with Crippen LogP contribution < -0.4 is 16.4 Å². The third-order valence-corrected chi connectivity index (χ3v) is 0.167. The minimum Gasteiger partial charge on any atom is -0.543 e. The van der Waals surface area contributed by atoms with Crippen molar-refractivity contribution in [2.45, 2.75) is 0 Å². The van der Waals surface area contributed by atoms with Crippen LogP contribution in [0.2, 0.25) is 0 Å². The molecule has 0 saturated heterocycles. The first-order valence-corrected chi connectivity index (χ1v) is 1.07. The van der Waals surface area contributed by atoms with E-state index in [0.717, 1.165) is 0 Å². The van der Waals surface area contributed by atoms with Crippen LogP contribution in [0.25, 0.3) is 0 Å². The Bertz CT molecular complexity index is 82.6. The van der Waals surface area contributed by atoms with Gasteiger partial charge in [-0.05, 0) is 0 Å². The number of hydrogen-bond acceptors (Lipinski definition) is 5. The quantitative estimate of drug-likeness (QED) is 0.336. The molecule has 0 aliphatic carbocycles. The average Bonchev–Trinajstić information content (AvgIpc) is 1.36. The van der Waals surface area contributed by atoms with E-state index >= 15 is 0 Å². The Balaban J connectivity index is -0.0000000417. The summed E-state index contributed by atoms with van der Waals surface area (Å²) >= 11 is 0. The summed E-state index contributed by atoms with van der Waals surface area (Å²) in [5.74, 6) is -4.37. The van der Waals surface area contributed by atoms with Crippen LogP contribution in [0.15, 0.2) is 0 Å². The molecule has 0 aromatic rings. The second-order valence-corrected chi connectivity index (χ2v) is 0.575. The van der Waals surface area contributed by atoms with Crippen molar-refractivity contribution < 1.29 is 53.9 Å². The van der Waals surface area contributed by atoms with E-state index in [1.807, 2.05) is 0 Å². The second kappa shape index (κ2) is 10.8. The number of aliphatic carboxylic acids is 2. The van der Waals surface area contributed by atoms with E-state index < -0.39 is 11.9 Å². The van der Waals surface area contributed by atoms with Gasteiger partial charge in [0.05, 0.1) is 11.9 Å². The summed E-state index contributed by atoms with van der Waals surface area (Å²) in [6.45, 7) is 0. The number of carboxylic acids is 2. The number of hydrogen-bond donors (Lipinski definition) is 1. The van der Waals surface area contributed by atoms with Gasteiger partial charge in [-0.3, -0.25) is 0 Å². The van der Waals surface area contributed by atoms with Crippen molar-refractivity contribution >= 4 is 11.9 Å². The standard InChI is InChI=1S/C2H2O4.2Fe.H3N/c3-1(4)2(5)6;;;/h(H,3,4)(H,5,6);;;1H3/q;2*+2;/p-2. The van der Waals surface area contributed by atoms with Crippen LogP contribution in [-0.4, -0.2) is 11.9 Å². The largest absolute Gasteiger partial charge is 2.00 e. The predicted molar refractivity (Wildman–Crippen MR) is 15.0 cm³/mol. The van der Waals surface area contributed by atoms with Crippen molar-refractivity contribution in [3.63, 3.8) is 0 Å². The van der Waals surface area contributed by atoms with Crippen LogP contribution in [0.4, 0.5) is 0 Å². The van der Waals surface area contributed by atoms with E-state index in [-0.39, 0.29) is 40.3 Å². The molecule has 0 fully saturated rings. The van der Waals surface area contributed by atoms with Gasteiger partial charge in [-0.2, -0.15) is 0 Å². The van der Waals surface area contributed by atoms with Gasteiger partial charge in [-0.15, -0.1) is 0 Å². The van der Waals surface area contributed by atoms with Gasteiger partial charge < -0.3 is 26.0 Å². The van der Waals surface area contributed by atoms with Gasteiger partial charge in [0, 0.05) is 0 Å². The summed E-state index contributed by atoms with van der Waals surface area (Å²) in [5, 5.41) is 17.9. The number of rotatable bonds is 0. The van der Waals surface area contributed by atoms with E-state index in [9.17, 15) is 0 Å². The molecule has 0 radical (unpaired) electrons. The number of carbonyl (C=O) groups is 2. The van der Waals surface area contributed by atoms with Crippen molar-refractivity contribution in [2.24, 2.45) is 0 Å². The van der Waals surface area contributed by atoms with Gasteiger partial charge in [0.25, 0.3) is 0 Å². The molecule has 0 heterocycles. The third kappa shape index (κ3) is 18.0. The van der Waals surface area contributed by atoms with Gasteiger partial charge in [0.15, 0.2) is 0 Å². The molecule has 3 N–H and O–H groups in total. The Morgan fingerprint density at radius 2 is 1.00 bits per heavy atom. The molecule has 9 heavy (non-hydrogen) atoms. The predicted octanol–water partition coefficient (Wildman–Crippen LogP) is -3.36. The van der Waals surface area contributed by atoms with Gasteiger partial charge in [-0.1, -0.05) is 0 Å². The van der Waals surface area contributed by atoms with Crippen molar-refractivity contribution in [2.75, 3.05) is 0 Å². The van der Waals surface area contributed by atoms with E-state index in [2.05, 4.69) is 0 Å². The molecule has 0 amide bonds. The molecule has 0 spiro atoms. The Kier molecular flexibility index (Phi) is 27.8. The van der Waals surface area contributed by atoms with Crippen LogP contribution >= 0.6 is 0 Å². The molecule has 7 heteroatoms. The number of carboxylic acid groups (broad SMARTS) is 2. The van der Waals surface area contributed by atoms with Crippen LogP contribution in [-0.2, 0) is 43.7 Å². The third-order valence-electron chi connectivity index (χ3n) is 0.167. The zero-order chi connectivity index (χ0) is 5.15. The Labute approximate surface area is 72.3 Å². The fourth-order valence-electron chi connectivity index (χ4n) is 0. The molecule has 0 unspecified atom stereocenters. The zero-order valence-electron chi connectivity index (χ0n) is 4.05. The monoisotopic (exact) mass is 217 g/mol. The molecular formula is C2H3Fe2NO4+2. The zero-order valence-corrected chi connectivity index (χ0v) is 6.26. The molecule has 0 rings (SSSR count). The summed E-state index contributed by atoms with van der Waals surface area (Å²) in [7, 11) is 0. The molecule has 0 bridgehead atoms. The van der Waals surface area contributed by atoms with Gasteiger partial charge in [0.2, 0.25) is 0 Å². The van der Waals surface area contributed by atoms with Crippen LogP contribution in [0.5, 0.6) is 0 Å². The molecule has 0 aliphatic rings. The SMILES string of the molecule is N.O=C([O-])C(=O)[O-].[Fe+2].[Fe+2]. The average molecular weight is 217 g/mol. The summed E-state index contributed by atoms with van der Waals surface area (Å²) in [5.41, 5.74) is 0. The molecule has 0 aromatic heterocycles. The van der Waals surface area contributed by atoms with Gasteiger partial charge >= 0.3 is 34.1 Å². The van der Waals surface area contributed by atoms with Crippen LogP contribution in [0.1, 0.15) is 0 Å². The maximum atomic E-state index is 8.93. The van der Waals surface area contributed by atoms with E-state index in [0.29, 0.717) is 0 Å². The van der Waals surface area contributed by atoms with Gasteiger partial charge in [-0.25, -0.2) is 0 Å². The molecule has 5 nitrogen and oxygen atoms in total. The smallest absolute Gasteiger partial charge is 0.543 e.